The number of aliphatic hydroxyl groups is 1. The number of aryl methyl sites for hydroxylation is 1. The molecule has 88 valence electrons. The summed E-state index contributed by atoms with van der Waals surface area (Å²) in [5, 5.41) is 19.6. The van der Waals surface area contributed by atoms with Gasteiger partial charge in [0.15, 0.2) is 0 Å². The maximum absolute atomic E-state index is 10.0. The first kappa shape index (κ1) is 11.7. The van der Waals surface area contributed by atoms with Crippen molar-refractivity contribution in [3.05, 3.63) is 65.7 Å². The average molecular weight is 228 g/mol. The zero-order chi connectivity index (χ0) is 12.1. The van der Waals surface area contributed by atoms with Crippen LogP contribution < -0.4 is 0 Å². The van der Waals surface area contributed by atoms with Crippen LogP contribution in [0.25, 0.3) is 0 Å². The molecule has 2 aromatic carbocycles. The van der Waals surface area contributed by atoms with Crippen LogP contribution in [0.1, 0.15) is 23.7 Å². The summed E-state index contributed by atoms with van der Waals surface area (Å²) in [6, 6.07) is 17.0. The van der Waals surface area contributed by atoms with Crippen LogP contribution in [-0.2, 0) is 6.42 Å². The predicted octanol–water partition coefficient (Wildman–Crippen LogP) is 3.06. The minimum atomic E-state index is -0.614. The Labute approximate surface area is 101 Å². The third-order valence-corrected chi connectivity index (χ3v) is 2.85. The molecule has 0 aliphatic rings. The first-order chi connectivity index (χ1) is 8.27. The number of hydrogen-bond acceptors (Lipinski definition) is 2. The molecule has 2 N–H and O–H groups in total. The van der Waals surface area contributed by atoms with Gasteiger partial charge in [-0.25, -0.2) is 0 Å². The van der Waals surface area contributed by atoms with E-state index in [-0.39, 0.29) is 5.75 Å². The van der Waals surface area contributed by atoms with E-state index in [2.05, 4.69) is 0 Å². The molecule has 2 rings (SSSR count). The van der Waals surface area contributed by atoms with Gasteiger partial charge < -0.3 is 10.2 Å². The summed E-state index contributed by atoms with van der Waals surface area (Å²) in [7, 11) is 0. The van der Waals surface area contributed by atoms with E-state index >= 15 is 0 Å². The fourth-order valence-corrected chi connectivity index (χ4v) is 1.87. The summed E-state index contributed by atoms with van der Waals surface area (Å²) in [6.07, 6.45) is 0.800. The molecule has 2 heteroatoms. The standard InChI is InChI=1S/C15H16O2/c16-14-9-5-4-8-13(14)15(17)11-10-12-6-2-1-3-7-12/h1-9,15-17H,10-11H2. The minimum Gasteiger partial charge on any atom is -0.508 e. The van der Waals surface area contributed by atoms with Crippen molar-refractivity contribution in [3.63, 3.8) is 0 Å². The van der Waals surface area contributed by atoms with E-state index in [0.29, 0.717) is 12.0 Å². The van der Waals surface area contributed by atoms with E-state index in [1.165, 1.54) is 5.56 Å². The SMILES string of the molecule is Oc1ccccc1C(O)CCc1ccccc1. The number of benzene rings is 2. The van der Waals surface area contributed by atoms with Crippen molar-refractivity contribution in [2.45, 2.75) is 18.9 Å². The van der Waals surface area contributed by atoms with E-state index in [9.17, 15) is 10.2 Å². The Hall–Kier alpha value is -1.80. The van der Waals surface area contributed by atoms with Crippen LogP contribution in [0.5, 0.6) is 5.75 Å². The second-order valence-corrected chi connectivity index (χ2v) is 4.10. The van der Waals surface area contributed by atoms with E-state index in [1.54, 1.807) is 18.2 Å². The van der Waals surface area contributed by atoms with Gasteiger partial charge in [0, 0.05) is 5.56 Å². The first-order valence-electron chi connectivity index (χ1n) is 5.77. The predicted molar refractivity (Wildman–Crippen MR) is 67.8 cm³/mol. The molecule has 0 radical (unpaired) electrons. The lowest BCUT2D eigenvalue weighted by Gasteiger charge is -2.12. The quantitative estimate of drug-likeness (QED) is 0.844. The molecule has 2 nitrogen and oxygen atoms in total. The van der Waals surface area contributed by atoms with Crippen molar-refractivity contribution in [2.75, 3.05) is 0 Å². The Balaban J connectivity index is 1.99. The van der Waals surface area contributed by atoms with Crippen LogP contribution in [-0.4, -0.2) is 10.2 Å². The molecule has 1 atom stereocenters. The van der Waals surface area contributed by atoms with E-state index in [1.807, 2.05) is 36.4 Å². The van der Waals surface area contributed by atoms with Crippen LogP contribution in [0, 0.1) is 0 Å². The lowest BCUT2D eigenvalue weighted by Crippen LogP contribution is -1.99. The van der Waals surface area contributed by atoms with Gasteiger partial charge in [-0.15, -0.1) is 0 Å². The highest BCUT2D eigenvalue weighted by Crippen LogP contribution is 2.26. The van der Waals surface area contributed by atoms with E-state index in [4.69, 9.17) is 0 Å². The van der Waals surface area contributed by atoms with Gasteiger partial charge in [-0.1, -0.05) is 48.5 Å². The molecule has 0 aliphatic heterocycles. The normalized spacial score (nSPS) is 12.3. The Morgan fingerprint density at radius 3 is 2.24 bits per heavy atom. The van der Waals surface area contributed by atoms with Gasteiger partial charge in [0.25, 0.3) is 0 Å². The molecule has 2 aromatic rings. The second-order valence-electron chi connectivity index (χ2n) is 4.10. The highest BCUT2D eigenvalue weighted by Gasteiger charge is 2.11. The van der Waals surface area contributed by atoms with Crippen molar-refractivity contribution < 1.29 is 10.2 Å². The summed E-state index contributed by atoms with van der Waals surface area (Å²) in [4.78, 5) is 0. The maximum atomic E-state index is 10.0. The van der Waals surface area contributed by atoms with Gasteiger partial charge in [0.2, 0.25) is 0 Å². The third-order valence-electron chi connectivity index (χ3n) is 2.85. The Kier molecular flexibility index (Phi) is 3.78. The number of hydrogen-bond donors (Lipinski definition) is 2. The number of aliphatic hydroxyl groups excluding tert-OH is 1. The number of phenolic OH excluding ortho intramolecular Hbond substituents is 1. The van der Waals surface area contributed by atoms with Crippen LogP contribution >= 0.6 is 0 Å². The topological polar surface area (TPSA) is 40.5 Å². The number of phenols is 1. The number of para-hydroxylation sites is 1. The number of aromatic hydroxyl groups is 1. The monoisotopic (exact) mass is 228 g/mol. The zero-order valence-corrected chi connectivity index (χ0v) is 9.58. The molecule has 0 saturated carbocycles. The summed E-state index contributed by atoms with van der Waals surface area (Å²) < 4.78 is 0. The lowest BCUT2D eigenvalue weighted by molar-refractivity contribution is 0.164. The molecule has 0 fully saturated rings. The fourth-order valence-electron chi connectivity index (χ4n) is 1.87. The highest BCUT2D eigenvalue weighted by molar-refractivity contribution is 5.33. The summed E-state index contributed by atoms with van der Waals surface area (Å²) in [5.41, 5.74) is 1.80. The van der Waals surface area contributed by atoms with Crippen molar-refractivity contribution in [3.8, 4) is 5.75 Å². The van der Waals surface area contributed by atoms with Crippen molar-refractivity contribution in [1.29, 1.82) is 0 Å². The maximum Gasteiger partial charge on any atom is 0.121 e. The molecule has 0 aliphatic carbocycles. The van der Waals surface area contributed by atoms with Gasteiger partial charge >= 0.3 is 0 Å². The van der Waals surface area contributed by atoms with Crippen LogP contribution in [0.2, 0.25) is 0 Å². The molecular formula is C15H16O2. The summed E-state index contributed by atoms with van der Waals surface area (Å²) in [6.45, 7) is 0. The minimum absolute atomic E-state index is 0.160. The first-order valence-corrected chi connectivity index (χ1v) is 5.77. The Morgan fingerprint density at radius 1 is 0.882 bits per heavy atom. The Bertz CT molecular complexity index is 465. The highest BCUT2D eigenvalue weighted by atomic mass is 16.3. The van der Waals surface area contributed by atoms with Crippen LogP contribution in [0.3, 0.4) is 0 Å². The molecule has 0 amide bonds. The van der Waals surface area contributed by atoms with Crippen LogP contribution in [0.4, 0.5) is 0 Å². The van der Waals surface area contributed by atoms with Gasteiger partial charge in [0.05, 0.1) is 6.10 Å². The summed E-state index contributed by atoms with van der Waals surface area (Å²) in [5.74, 6) is 0.160. The Morgan fingerprint density at radius 2 is 1.53 bits per heavy atom. The summed E-state index contributed by atoms with van der Waals surface area (Å²) >= 11 is 0. The molecule has 0 heterocycles. The van der Waals surface area contributed by atoms with E-state index in [0.717, 1.165) is 6.42 Å². The largest absolute Gasteiger partial charge is 0.508 e. The zero-order valence-electron chi connectivity index (χ0n) is 9.58. The average Bonchev–Trinajstić information content (AvgIpc) is 2.38. The molecule has 0 saturated heterocycles. The van der Waals surface area contributed by atoms with Crippen LogP contribution in [0.15, 0.2) is 54.6 Å². The second kappa shape index (κ2) is 5.51. The molecule has 0 aromatic heterocycles. The third kappa shape index (κ3) is 3.08. The smallest absolute Gasteiger partial charge is 0.121 e. The molecule has 1 unspecified atom stereocenters. The molecule has 17 heavy (non-hydrogen) atoms. The van der Waals surface area contributed by atoms with E-state index < -0.39 is 6.10 Å². The van der Waals surface area contributed by atoms with Gasteiger partial charge in [-0.3, -0.25) is 0 Å². The van der Waals surface area contributed by atoms with Crippen molar-refractivity contribution in [2.24, 2.45) is 0 Å². The fraction of sp³-hybridized carbons (Fsp3) is 0.200. The number of rotatable bonds is 4. The van der Waals surface area contributed by atoms with Gasteiger partial charge in [-0.2, -0.15) is 0 Å². The van der Waals surface area contributed by atoms with Crippen molar-refractivity contribution in [1.82, 2.24) is 0 Å². The lowest BCUT2D eigenvalue weighted by atomic mass is 10.0. The molecule has 0 spiro atoms. The van der Waals surface area contributed by atoms with Gasteiger partial charge in [-0.05, 0) is 24.5 Å². The van der Waals surface area contributed by atoms with Gasteiger partial charge in [0.1, 0.15) is 5.75 Å². The molecular weight excluding hydrogens is 212 g/mol. The molecule has 0 bridgehead atoms. The van der Waals surface area contributed by atoms with Crippen molar-refractivity contribution >= 4 is 0 Å².